The fourth-order valence-electron chi connectivity index (χ4n) is 5.57. The molecule has 2 heterocycles. The van der Waals surface area contributed by atoms with Gasteiger partial charge in [0.2, 0.25) is 5.91 Å². The molecule has 1 aliphatic heterocycles. The molecule has 7 heteroatoms. The standard InChI is InChI=1S/C33H37N3O4/c1-3-7-29-28-15-12-25(33(38)39)20-30(28)36(21-31(37)34-26-16-18-35(2)19-17-26)32(29)24-10-13-27(14-11-24)40-22-23-8-5-4-6-9-23/h4-6,8-15,20,26H,3,7,16-19,21-22H2,1-2H3,(H,34,37)(H,38,39). The Bertz CT molecular complexity index is 1470. The molecule has 2 N–H and O–H groups in total. The summed E-state index contributed by atoms with van der Waals surface area (Å²) in [6.07, 6.45) is 3.59. The molecule has 4 aromatic rings. The van der Waals surface area contributed by atoms with E-state index >= 15 is 0 Å². The number of likely N-dealkylation sites (tertiary alicyclic amines) is 1. The van der Waals surface area contributed by atoms with Crippen molar-refractivity contribution in [3.8, 4) is 17.0 Å². The van der Waals surface area contributed by atoms with E-state index in [0.29, 0.717) is 6.61 Å². The highest BCUT2D eigenvalue weighted by atomic mass is 16.5. The molecule has 1 amide bonds. The maximum Gasteiger partial charge on any atom is 0.335 e. The predicted octanol–water partition coefficient (Wildman–Crippen LogP) is 5.75. The zero-order valence-corrected chi connectivity index (χ0v) is 23.2. The van der Waals surface area contributed by atoms with E-state index in [4.69, 9.17) is 4.74 Å². The average molecular weight is 540 g/mol. The molecule has 0 atom stereocenters. The van der Waals surface area contributed by atoms with E-state index in [9.17, 15) is 14.7 Å². The summed E-state index contributed by atoms with van der Waals surface area (Å²) in [5, 5.41) is 13.9. The van der Waals surface area contributed by atoms with Crippen LogP contribution in [0.4, 0.5) is 0 Å². The van der Waals surface area contributed by atoms with E-state index < -0.39 is 5.97 Å². The van der Waals surface area contributed by atoms with Crippen molar-refractivity contribution in [2.45, 2.75) is 51.8 Å². The number of hydrogen-bond donors (Lipinski definition) is 2. The Morgan fingerprint density at radius 1 is 1.00 bits per heavy atom. The van der Waals surface area contributed by atoms with Crippen LogP contribution in [-0.4, -0.2) is 52.6 Å². The van der Waals surface area contributed by atoms with Gasteiger partial charge in [0.1, 0.15) is 18.9 Å². The van der Waals surface area contributed by atoms with E-state index in [0.717, 1.165) is 77.8 Å². The monoisotopic (exact) mass is 539 g/mol. The van der Waals surface area contributed by atoms with Crippen LogP contribution in [0.2, 0.25) is 0 Å². The Morgan fingerprint density at radius 3 is 2.40 bits per heavy atom. The molecule has 1 aromatic heterocycles. The van der Waals surface area contributed by atoms with Crippen molar-refractivity contribution in [1.82, 2.24) is 14.8 Å². The molecule has 0 unspecified atom stereocenters. The highest BCUT2D eigenvalue weighted by Gasteiger charge is 2.23. The molecule has 0 radical (unpaired) electrons. The number of carboxylic acids is 1. The molecule has 0 aliphatic carbocycles. The van der Waals surface area contributed by atoms with Gasteiger partial charge in [0, 0.05) is 11.4 Å². The van der Waals surface area contributed by atoms with Crippen molar-refractivity contribution in [2.75, 3.05) is 20.1 Å². The lowest BCUT2D eigenvalue weighted by atomic mass is 10.0. The number of nitrogens with zero attached hydrogens (tertiary/aromatic N) is 2. The highest BCUT2D eigenvalue weighted by molar-refractivity contribution is 5.98. The maximum absolute atomic E-state index is 13.4. The molecule has 40 heavy (non-hydrogen) atoms. The molecule has 1 fully saturated rings. The summed E-state index contributed by atoms with van der Waals surface area (Å²) >= 11 is 0. The SMILES string of the molecule is CCCc1c(-c2ccc(OCc3ccccc3)cc2)n(CC(=O)NC2CCN(C)CC2)c2cc(C(=O)O)ccc12. The summed E-state index contributed by atoms with van der Waals surface area (Å²) in [7, 11) is 2.10. The number of aromatic nitrogens is 1. The molecular weight excluding hydrogens is 502 g/mol. The van der Waals surface area contributed by atoms with Gasteiger partial charge in [0.25, 0.3) is 0 Å². The minimum absolute atomic E-state index is 0.0562. The number of rotatable bonds is 10. The number of fused-ring (bicyclic) bond motifs is 1. The first kappa shape index (κ1) is 27.5. The number of benzene rings is 3. The van der Waals surface area contributed by atoms with Gasteiger partial charge in [-0.3, -0.25) is 4.79 Å². The number of piperidine rings is 1. The second-order valence-electron chi connectivity index (χ2n) is 10.6. The van der Waals surface area contributed by atoms with Crippen molar-refractivity contribution in [2.24, 2.45) is 0 Å². The minimum atomic E-state index is -0.982. The lowest BCUT2D eigenvalue weighted by molar-refractivity contribution is -0.122. The quantitative estimate of drug-likeness (QED) is 0.268. The molecule has 1 aliphatic rings. The third kappa shape index (κ3) is 6.20. The van der Waals surface area contributed by atoms with Gasteiger partial charge in [0.05, 0.1) is 16.8 Å². The Hall–Kier alpha value is -4.10. The molecule has 5 rings (SSSR count). The van der Waals surface area contributed by atoms with Crippen molar-refractivity contribution < 1.29 is 19.4 Å². The zero-order valence-electron chi connectivity index (χ0n) is 23.2. The van der Waals surface area contributed by atoms with E-state index in [1.165, 1.54) is 0 Å². The number of aryl methyl sites for hydroxylation is 1. The van der Waals surface area contributed by atoms with Gasteiger partial charge < -0.3 is 24.6 Å². The van der Waals surface area contributed by atoms with Crippen LogP contribution in [0.1, 0.15) is 47.7 Å². The van der Waals surface area contributed by atoms with Gasteiger partial charge >= 0.3 is 5.97 Å². The number of carboxylic acid groups (broad SMARTS) is 1. The number of aromatic carboxylic acids is 1. The minimum Gasteiger partial charge on any atom is -0.489 e. The topological polar surface area (TPSA) is 83.8 Å². The van der Waals surface area contributed by atoms with E-state index in [2.05, 4.69) is 24.2 Å². The number of ether oxygens (including phenoxy) is 1. The molecule has 0 bridgehead atoms. The van der Waals surface area contributed by atoms with Crippen LogP contribution in [0.3, 0.4) is 0 Å². The first-order valence-corrected chi connectivity index (χ1v) is 14.1. The smallest absolute Gasteiger partial charge is 0.335 e. The van der Waals surface area contributed by atoms with Gasteiger partial charge in [-0.1, -0.05) is 49.7 Å². The Balaban J connectivity index is 1.49. The molecular formula is C33H37N3O4. The number of hydrogen-bond acceptors (Lipinski definition) is 4. The number of carbonyl (C=O) groups excluding carboxylic acids is 1. The third-order valence-electron chi connectivity index (χ3n) is 7.68. The van der Waals surface area contributed by atoms with Crippen LogP contribution in [0.5, 0.6) is 5.75 Å². The van der Waals surface area contributed by atoms with Gasteiger partial charge in [0.15, 0.2) is 0 Å². The fourth-order valence-corrected chi connectivity index (χ4v) is 5.57. The first-order valence-electron chi connectivity index (χ1n) is 14.1. The average Bonchev–Trinajstić information content (AvgIpc) is 3.26. The largest absolute Gasteiger partial charge is 0.489 e. The number of nitrogens with one attached hydrogen (secondary N) is 1. The van der Waals surface area contributed by atoms with Gasteiger partial charge in [-0.25, -0.2) is 4.79 Å². The van der Waals surface area contributed by atoms with Gasteiger partial charge in [-0.15, -0.1) is 0 Å². The van der Waals surface area contributed by atoms with Crippen LogP contribution in [-0.2, 0) is 24.4 Å². The second-order valence-corrected chi connectivity index (χ2v) is 10.6. The van der Waals surface area contributed by atoms with Crippen LogP contribution < -0.4 is 10.1 Å². The number of amides is 1. The van der Waals surface area contributed by atoms with Crippen molar-refractivity contribution in [3.05, 3.63) is 89.5 Å². The summed E-state index contributed by atoms with van der Waals surface area (Å²) in [4.78, 5) is 27.5. The highest BCUT2D eigenvalue weighted by Crippen LogP contribution is 2.36. The summed E-state index contributed by atoms with van der Waals surface area (Å²) in [6, 6.07) is 23.4. The van der Waals surface area contributed by atoms with E-state index in [1.54, 1.807) is 12.1 Å². The molecule has 0 spiro atoms. The van der Waals surface area contributed by atoms with Crippen molar-refractivity contribution in [3.63, 3.8) is 0 Å². The van der Waals surface area contributed by atoms with Crippen molar-refractivity contribution in [1.29, 1.82) is 0 Å². The summed E-state index contributed by atoms with van der Waals surface area (Å²) in [5.41, 5.74) is 5.12. The molecule has 3 aromatic carbocycles. The van der Waals surface area contributed by atoms with Crippen LogP contribution in [0.15, 0.2) is 72.8 Å². The maximum atomic E-state index is 13.4. The summed E-state index contributed by atoms with van der Waals surface area (Å²) in [5.74, 6) is -0.274. The Kier molecular flexibility index (Phi) is 8.51. The van der Waals surface area contributed by atoms with Crippen LogP contribution in [0.25, 0.3) is 22.2 Å². The molecule has 7 nitrogen and oxygen atoms in total. The lowest BCUT2D eigenvalue weighted by Gasteiger charge is -2.29. The third-order valence-corrected chi connectivity index (χ3v) is 7.68. The van der Waals surface area contributed by atoms with E-state index in [1.807, 2.05) is 65.2 Å². The Morgan fingerprint density at radius 2 is 1.73 bits per heavy atom. The fraction of sp³-hybridized carbons (Fsp3) is 0.333. The normalized spacial score (nSPS) is 14.3. The van der Waals surface area contributed by atoms with Gasteiger partial charge in [-0.2, -0.15) is 0 Å². The summed E-state index contributed by atoms with van der Waals surface area (Å²) < 4.78 is 8.01. The molecule has 0 saturated carbocycles. The first-order chi connectivity index (χ1) is 19.4. The number of carbonyl (C=O) groups is 2. The van der Waals surface area contributed by atoms with Crippen molar-refractivity contribution >= 4 is 22.8 Å². The summed E-state index contributed by atoms with van der Waals surface area (Å²) in [6.45, 7) is 4.66. The zero-order chi connectivity index (χ0) is 28.1. The lowest BCUT2D eigenvalue weighted by Crippen LogP contribution is -2.44. The molecule has 1 saturated heterocycles. The van der Waals surface area contributed by atoms with Crippen LogP contribution in [0, 0.1) is 0 Å². The molecule has 208 valence electrons. The van der Waals surface area contributed by atoms with Crippen LogP contribution >= 0.6 is 0 Å². The van der Waals surface area contributed by atoms with E-state index in [-0.39, 0.29) is 24.1 Å². The Labute approximate surface area is 235 Å². The predicted molar refractivity (Wildman–Crippen MR) is 158 cm³/mol. The second kappa shape index (κ2) is 12.4. The van der Waals surface area contributed by atoms with Gasteiger partial charge in [-0.05, 0) is 92.5 Å².